The number of ketones is 3. The van der Waals surface area contributed by atoms with E-state index in [1.165, 1.54) is 0 Å². The molecule has 12 aromatic rings. The highest BCUT2D eigenvalue weighted by atomic mass is 16.1. The second-order valence-electron chi connectivity index (χ2n) is 19.3. The van der Waals surface area contributed by atoms with E-state index < -0.39 is 0 Å². The van der Waals surface area contributed by atoms with Crippen LogP contribution in [0.5, 0.6) is 0 Å². The fourth-order valence-corrected chi connectivity index (χ4v) is 12.1. The van der Waals surface area contributed by atoms with E-state index in [-0.39, 0.29) is 17.3 Å². The third kappa shape index (κ3) is 6.05. The standard InChI is InChI=1S/C69H39NO3/c71-67-57-22-4-1-19-51(57)54-28-10-25-48(64(54)67)44-15-7-13-40(35-44)42-31-33-62-60(38-42)61-39-43(41-14-8-16-45(36-41)49-26-11-29-55-52-20-2-5-23-58(52)68(72)65(49)55)32-34-63(61)70(62)47-18-9-17-46(37-47)50-27-12-30-56-53-21-3-6-24-59(53)69(73)66(50)56/h1-39H. The number of rotatable bonds is 6. The van der Waals surface area contributed by atoms with Gasteiger partial charge in [-0.15, -0.1) is 0 Å². The van der Waals surface area contributed by atoms with Gasteiger partial charge in [-0.2, -0.15) is 0 Å². The van der Waals surface area contributed by atoms with Crippen LogP contribution in [-0.4, -0.2) is 21.9 Å². The Balaban J connectivity index is 0.887. The maximum atomic E-state index is 14.0. The van der Waals surface area contributed by atoms with Gasteiger partial charge in [0.1, 0.15) is 0 Å². The lowest BCUT2D eigenvalue weighted by molar-refractivity contribution is 0.103. The van der Waals surface area contributed by atoms with Crippen LogP contribution in [0.4, 0.5) is 0 Å². The van der Waals surface area contributed by atoms with E-state index in [9.17, 15) is 14.4 Å². The fraction of sp³-hybridized carbons (Fsp3) is 0. The molecule has 0 fully saturated rings. The minimum atomic E-state index is 0.0540. The Morgan fingerprint density at radius 3 is 0.932 bits per heavy atom. The number of hydrogen-bond acceptors (Lipinski definition) is 3. The molecular formula is C69H39NO3. The zero-order valence-electron chi connectivity index (χ0n) is 39.2. The number of aromatic nitrogens is 1. The molecule has 0 radical (unpaired) electrons. The molecule has 0 aliphatic heterocycles. The van der Waals surface area contributed by atoms with Crippen LogP contribution < -0.4 is 0 Å². The van der Waals surface area contributed by atoms with Crippen LogP contribution in [0.15, 0.2) is 237 Å². The average Bonchev–Trinajstić information content (AvgIpc) is 4.14. The van der Waals surface area contributed by atoms with Crippen molar-refractivity contribution in [3.8, 4) is 94.7 Å². The largest absolute Gasteiger partial charge is 0.309 e. The highest BCUT2D eigenvalue weighted by Gasteiger charge is 2.32. The molecule has 0 bridgehead atoms. The molecule has 0 unspecified atom stereocenters. The van der Waals surface area contributed by atoms with Crippen LogP contribution in [0.25, 0.3) is 117 Å². The smallest absolute Gasteiger partial charge is 0.194 e. The van der Waals surface area contributed by atoms with Crippen molar-refractivity contribution in [2.45, 2.75) is 0 Å². The minimum Gasteiger partial charge on any atom is -0.309 e. The second kappa shape index (κ2) is 15.6. The number of benzene rings is 11. The molecule has 3 aliphatic rings. The molecule has 4 nitrogen and oxygen atoms in total. The molecule has 0 saturated heterocycles. The molecule has 0 N–H and O–H groups in total. The zero-order chi connectivity index (χ0) is 48.5. The van der Waals surface area contributed by atoms with E-state index in [0.717, 1.165) is 150 Å². The summed E-state index contributed by atoms with van der Waals surface area (Å²) in [6.45, 7) is 0. The van der Waals surface area contributed by atoms with E-state index >= 15 is 0 Å². The molecule has 4 heteroatoms. The molecule has 0 atom stereocenters. The Labute approximate surface area is 420 Å². The molecule has 338 valence electrons. The van der Waals surface area contributed by atoms with Crippen LogP contribution in [0.3, 0.4) is 0 Å². The Morgan fingerprint density at radius 2 is 0.521 bits per heavy atom. The Morgan fingerprint density at radius 1 is 0.219 bits per heavy atom. The third-order valence-corrected chi connectivity index (χ3v) is 15.5. The van der Waals surface area contributed by atoms with Gasteiger partial charge in [0.25, 0.3) is 0 Å². The number of nitrogens with zero attached hydrogens (tertiary/aromatic N) is 1. The minimum absolute atomic E-state index is 0.0540. The van der Waals surface area contributed by atoms with Gasteiger partial charge in [-0.1, -0.05) is 188 Å². The van der Waals surface area contributed by atoms with Gasteiger partial charge in [-0.05, 0) is 138 Å². The molecule has 1 heterocycles. The first-order valence-electron chi connectivity index (χ1n) is 24.7. The van der Waals surface area contributed by atoms with Gasteiger partial charge in [0.05, 0.1) is 11.0 Å². The van der Waals surface area contributed by atoms with E-state index in [4.69, 9.17) is 0 Å². The lowest BCUT2D eigenvalue weighted by Crippen LogP contribution is -1.99. The van der Waals surface area contributed by atoms with Crippen LogP contribution >= 0.6 is 0 Å². The van der Waals surface area contributed by atoms with Crippen molar-refractivity contribution < 1.29 is 14.4 Å². The highest BCUT2D eigenvalue weighted by molar-refractivity contribution is 6.26. The van der Waals surface area contributed by atoms with Crippen LogP contribution in [0.1, 0.15) is 47.8 Å². The van der Waals surface area contributed by atoms with Crippen LogP contribution in [0, 0.1) is 0 Å². The summed E-state index contributed by atoms with van der Waals surface area (Å²) in [5, 5.41) is 2.17. The topological polar surface area (TPSA) is 56.1 Å². The normalized spacial score (nSPS) is 12.7. The molecule has 1 aromatic heterocycles. The maximum Gasteiger partial charge on any atom is 0.194 e. The van der Waals surface area contributed by atoms with Crippen molar-refractivity contribution in [1.29, 1.82) is 0 Å². The molecule has 15 rings (SSSR count). The zero-order valence-corrected chi connectivity index (χ0v) is 39.2. The monoisotopic (exact) mass is 929 g/mol. The second-order valence-corrected chi connectivity index (χ2v) is 19.3. The first-order chi connectivity index (χ1) is 36.0. The molecule has 11 aromatic carbocycles. The van der Waals surface area contributed by atoms with Gasteiger partial charge in [-0.25, -0.2) is 0 Å². The van der Waals surface area contributed by atoms with Crippen molar-refractivity contribution in [2.75, 3.05) is 0 Å². The molecule has 3 aliphatic carbocycles. The lowest BCUT2D eigenvalue weighted by atomic mass is 9.92. The van der Waals surface area contributed by atoms with E-state index in [1.54, 1.807) is 0 Å². The van der Waals surface area contributed by atoms with Gasteiger partial charge < -0.3 is 4.57 Å². The van der Waals surface area contributed by atoms with Gasteiger partial charge in [0.15, 0.2) is 17.3 Å². The van der Waals surface area contributed by atoms with Crippen molar-refractivity contribution in [2.24, 2.45) is 0 Å². The number of carbonyl (C=O) groups is 3. The molecule has 0 saturated carbocycles. The average molecular weight is 930 g/mol. The summed E-state index contributed by atoms with van der Waals surface area (Å²) in [6, 6.07) is 81.1. The Hall–Kier alpha value is -9.77. The number of carbonyl (C=O) groups excluding carboxylic acids is 3. The van der Waals surface area contributed by atoms with Gasteiger partial charge >= 0.3 is 0 Å². The number of fused-ring (bicyclic) bond motifs is 12. The first-order valence-corrected chi connectivity index (χ1v) is 24.7. The SMILES string of the molecule is O=C1c2ccccc2-c2cccc(-c3cccc(-c4ccc5c(c4)c4cc(-c6cccc(-c7cccc8c7C(=O)c7ccccc7-8)c6)ccc4n5-c4cccc(-c5cccc6c5C(=O)c5ccccc5-6)c4)c3)c21. The summed E-state index contributed by atoms with van der Waals surface area (Å²) in [5.41, 5.74) is 23.3. The summed E-state index contributed by atoms with van der Waals surface area (Å²) < 4.78 is 2.33. The first kappa shape index (κ1) is 41.1. The summed E-state index contributed by atoms with van der Waals surface area (Å²) in [6.07, 6.45) is 0. The van der Waals surface area contributed by atoms with E-state index in [2.05, 4.69) is 150 Å². The molecule has 0 spiro atoms. The quantitative estimate of drug-likeness (QED) is 0.167. The molecular weight excluding hydrogens is 891 g/mol. The van der Waals surface area contributed by atoms with E-state index in [1.807, 2.05) is 91.0 Å². The third-order valence-electron chi connectivity index (χ3n) is 15.5. The van der Waals surface area contributed by atoms with Crippen LogP contribution in [0.2, 0.25) is 0 Å². The summed E-state index contributed by atoms with van der Waals surface area (Å²) in [5.74, 6) is 0.177. The van der Waals surface area contributed by atoms with Crippen LogP contribution in [-0.2, 0) is 0 Å². The van der Waals surface area contributed by atoms with Gasteiger partial charge in [0, 0.05) is 49.8 Å². The van der Waals surface area contributed by atoms with Crippen molar-refractivity contribution in [3.05, 3.63) is 270 Å². The van der Waals surface area contributed by atoms with E-state index in [0.29, 0.717) is 0 Å². The summed E-state index contributed by atoms with van der Waals surface area (Å²) in [4.78, 5) is 41.9. The fourth-order valence-electron chi connectivity index (χ4n) is 12.1. The number of hydrogen-bond donors (Lipinski definition) is 0. The van der Waals surface area contributed by atoms with Crippen molar-refractivity contribution >= 4 is 39.2 Å². The Bertz CT molecular complexity index is 4240. The van der Waals surface area contributed by atoms with Gasteiger partial charge in [-0.3, -0.25) is 14.4 Å². The Kier molecular flexibility index (Phi) is 8.78. The molecule has 0 amide bonds. The van der Waals surface area contributed by atoms with Crippen molar-refractivity contribution in [1.82, 2.24) is 4.57 Å². The predicted octanol–water partition coefficient (Wildman–Crippen LogP) is 16.8. The molecule has 73 heavy (non-hydrogen) atoms. The van der Waals surface area contributed by atoms with Gasteiger partial charge in [0.2, 0.25) is 0 Å². The van der Waals surface area contributed by atoms with Crippen molar-refractivity contribution in [3.63, 3.8) is 0 Å². The lowest BCUT2D eigenvalue weighted by Gasteiger charge is -2.13. The summed E-state index contributed by atoms with van der Waals surface area (Å²) in [7, 11) is 0. The maximum absolute atomic E-state index is 14.0. The highest BCUT2D eigenvalue weighted by Crippen LogP contribution is 2.46. The predicted molar refractivity (Wildman–Crippen MR) is 295 cm³/mol. The summed E-state index contributed by atoms with van der Waals surface area (Å²) >= 11 is 0.